The molecule has 6 heteroatoms. The van der Waals surface area contributed by atoms with Crippen LogP contribution in [0.1, 0.15) is 18.4 Å². The van der Waals surface area contributed by atoms with Crippen molar-refractivity contribution in [3.05, 3.63) is 35.6 Å². The maximum Gasteiger partial charge on any atom is 0.236 e. The van der Waals surface area contributed by atoms with Gasteiger partial charge in [0.15, 0.2) is 0 Å². The summed E-state index contributed by atoms with van der Waals surface area (Å²) in [5.74, 6) is -0.101. The molecule has 2 rings (SSSR count). The minimum Gasteiger partial charge on any atom is -0.349 e. The average molecular weight is 335 g/mol. The first-order valence-corrected chi connectivity index (χ1v) is 8.29. The second kappa shape index (κ2) is 8.24. The summed E-state index contributed by atoms with van der Waals surface area (Å²) >= 11 is 0. The van der Waals surface area contributed by atoms with Crippen LogP contribution in [0.5, 0.6) is 0 Å². The van der Waals surface area contributed by atoms with E-state index < -0.39 is 0 Å². The van der Waals surface area contributed by atoms with Gasteiger partial charge in [0.2, 0.25) is 11.8 Å². The zero-order valence-electron chi connectivity index (χ0n) is 14.7. The van der Waals surface area contributed by atoms with E-state index in [1.54, 1.807) is 49.1 Å². The van der Waals surface area contributed by atoms with Gasteiger partial charge in [-0.3, -0.25) is 14.5 Å². The lowest BCUT2D eigenvalue weighted by molar-refractivity contribution is -0.135. The van der Waals surface area contributed by atoms with Gasteiger partial charge in [0.05, 0.1) is 6.54 Å². The van der Waals surface area contributed by atoms with Crippen molar-refractivity contribution in [2.45, 2.75) is 19.4 Å². The molecule has 0 bridgehead atoms. The second-order valence-electron chi connectivity index (χ2n) is 6.62. The minimum atomic E-state index is -0.292. The molecule has 132 valence electrons. The summed E-state index contributed by atoms with van der Waals surface area (Å²) in [7, 11) is 5.24. The molecule has 0 saturated carbocycles. The molecule has 1 aliphatic rings. The maximum atomic E-state index is 13.7. The van der Waals surface area contributed by atoms with Crippen molar-refractivity contribution < 1.29 is 14.0 Å². The lowest BCUT2D eigenvalue weighted by Gasteiger charge is -2.32. The molecule has 0 radical (unpaired) electrons. The van der Waals surface area contributed by atoms with Gasteiger partial charge in [-0.1, -0.05) is 18.2 Å². The number of nitrogens with zero attached hydrogens (tertiary/aromatic N) is 3. The van der Waals surface area contributed by atoms with Crippen LogP contribution in [0.15, 0.2) is 24.3 Å². The van der Waals surface area contributed by atoms with Gasteiger partial charge in [-0.05, 0) is 32.0 Å². The highest BCUT2D eigenvalue weighted by atomic mass is 19.1. The molecular formula is C18H26FN3O2. The molecule has 1 aromatic carbocycles. The average Bonchev–Trinajstić information content (AvgIpc) is 2.56. The van der Waals surface area contributed by atoms with Crippen LogP contribution in [0.3, 0.4) is 0 Å². The third-order valence-corrected chi connectivity index (χ3v) is 4.53. The molecule has 1 aliphatic heterocycles. The van der Waals surface area contributed by atoms with Crippen molar-refractivity contribution in [1.29, 1.82) is 0 Å². The Morgan fingerprint density at radius 2 is 1.79 bits per heavy atom. The topological polar surface area (TPSA) is 43.9 Å². The predicted molar refractivity (Wildman–Crippen MR) is 90.7 cm³/mol. The van der Waals surface area contributed by atoms with Crippen LogP contribution in [0.2, 0.25) is 0 Å². The highest BCUT2D eigenvalue weighted by Gasteiger charge is 2.27. The largest absolute Gasteiger partial charge is 0.349 e. The van der Waals surface area contributed by atoms with Gasteiger partial charge in [0.25, 0.3) is 0 Å². The van der Waals surface area contributed by atoms with E-state index in [0.717, 1.165) is 25.9 Å². The number of carbonyl (C=O) groups is 2. The van der Waals surface area contributed by atoms with Gasteiger partial charge in [-0.15, -0.1) is 0 Å². The molecule has 0 aliphatic carbocycles. The Hall–Kier alpha value is -1.95. The predicted octanol–water partition coefficient (Wildman–Crippen LogP) is 1.58. The van der Waals surface area contributed by atoms with E-state index in [-0.39, 0.29) is 30.1 Å². The molecule has 0 spiro atoms. The molecule has 5 nitrogen and oxygen atoms in total. The van der Waals surface area contributed by atoms with Crippen LogP contribution >= 0.6 is 0 Å². The first-order valence-electron chi connectivity index (χ1n) is 8.29. The van der Waals surface area contributed by atoms with Gasteiger partial charge in [0.1, 0.15) is 5.82 Å². The Bertz CT molecular complexity index is 583. The van der Waals surface area contributed by atoms with Crippen LogP contribution in [-0.2, 0) is 16.1 Å². The van der Waals surface area contributed by atoms with Crippen molar-refractivity contribution in [2.24, 2.45) is 5.92 Å². The molecule has 2 amide bonds. The van der Waals surface area contributed by atoms with Gasteiger partial charge in [-0.2, -0.15) is 0 Å². The van der Waals surface area contributed by atoms with E-state index in [9.17, 15) is 14.0 Å². The molecule has 0 unspecified atom stereocenters. The number of amides is 2. The number of benzene rings is 1. The monoisotopic (exact) mass is 335 g/mol. The van der Waals surface area contributed by atoms with Crippen molar-refractivity contribution in [1.82, 2.24) is 14.7 Å². The smallest absolute Gasteiger partial charge is 0.236 e. The number of hydrogen-bond acceptors (Lipinski definition) is 3. The summed E-state index contributed by atoms with van der Waals surface area (Å²) in [4.78, 5) is 29.6. The molecule has 1 aromatic rings. The Morgan fingerprint density at radius 3 is 2.38 bits per heavy atom. The van der Waals surface area contributed by atoms with Crippen molar-refractivity contribution >= 4 is 11.8 Å². The van der Waals surface area contributed by atoms with E-state index in [1.165, 1.54) is 6.07 Å². The number of likely N-dealkylation sites (N-methyl/N-ethyl adjacent to an activating group) is 1. The second-order valence-corrected chi connectivity index (χ2v) is 6.62. The number of piperidine rings is 1. The number of carbonyl (C=O) groups excluding carboxylic acids is 2. The lowest BCUT2D eigenvalue weighted by atomic mass is 9.95. The molecule has 1 heterocycles. The summed E-state index contributed by atoms with van der Waals surface area (Å²) < 4.78 is 13.7. The van der Waals surface area contributed by atoms with Crippen LogP contribution in [0.4, 0.5) is 4.39 Å². The van der Waals surface area contributed by atoms with Gasteiger partial charge in [-0.25, -0.2) is 4.39 Å². The zero-order valence-corrected chi connectivity index (χ0v) is 14.7. The van der Waals surface area contributed by atoms with E-state index in [4.69, 9.17) is 0 Å². The summed E-state index contributed by atoms with van der Waals surface area (Å²) in [6, 6.07) is 6.50. The highest BCUT2D eigenvalue weighted by molar-refractivity contribution is 5.79. The first-order chi connectivity index (χ1) is 11.4. The number of rotatable bonds is 5. The molecular weight excluding hydrogens is 309 g/mol. The quantitative estimate of drug-likeness (QED) is 0.821. The fraction of sp³-hybridized carbons (Fsp3) is 0.556. The Morgan fingerprint density at radius 1 is 1.17 bits per heavy atom. The highest BCUT2D eigenvalue weighted by Crippen LogP contribution is 2.19. The fourth-order valence-corrected chi connectivity index (χ4v) is 2.99. The molecule has 1 saturated heterocycles. The number of likely N-dealkylation sites (tertiary alicyclic amines) is 1. The number of halogens is 1. The first kappa shape index (κ1) is 18.4. The van der Waals surface area contributed by atoms with Crippen molar-refractivity contribution in [2.75, 3.05) is 40.8 Å². The molecule has 24 heavy (non-hydrogen) atoms. The van der Waals surface area contributed by atoms with Gasteiger partial charge < -0.3 is 9.80 Å². The normalized spacial score (nSPS) is 16.0. The van der Waals surface area contributed by atoms with E-state index in [2.05, 4.69) is 4.90 Å². The maximum absolute atomic E-state index is 13.7. The summed E-state index contributed by atoms with van der Waals surface area (Å²) in [6.07, 6.45) is 1.56. The Labute approximate surface area is 143 Å². The zero-order chi connectivity index (χ0) is 17.7. The standard InChI is InChI=1S/C18H26FN3O2/c1-20(2)18(24)14-8-10-22(11-9-14)13-17(23)21(3)12-15-6-4-5-7-16(15)19/h4-7,14H,8-13H2,1-3H3. The molecule has 0 atom stereocenters. The summed E-state index contributed by atoms with van der Waals surface area (Å²) in [5, 5.41) is 0. The third kappa shape index (κ3) is 4.77. The number of hydrogen-bond donors (Lipinski definition) is 0. The molecule has 0 N–H and O–H groups in total. The molecule has 1 fully saturated rings. The van der Waals surface area contributed by atoms with Gasteiger partial charge >= 0.3 is 0 Å². The van der Waals surface area contributed by atoms with Crippen LogP contribution in [0, 0.1) is 11.7 Å². The summed E-state index contributed by atoms with van der Waals surface area (Å²) in [5.41, 5.74) is 0.517. The Kier molecular flexibility index (Phi) is 6.31. The molecule has 0 aromatic heterocycles. The van der Waals surface area contributed by atoms with Crippen molar-refractivity contribution in [3.63, 3.8) is 0 Å². The van der Waals surface area contributed by atoms with E-state index in [1.807, 2.05) is 0 Å². The van der Waals surface area contributed by atoms with Gasteiger partial charge in [0, 0.05) is 39.2 Å². The minimum absolute atomic E-state index is 0.0318. The SMILES string of the molecule is CN(C)C(=O)C1CCN(CC(=O)N(C)Cc2ccccc2F)CC1. The lowest BCUT2D eigenvalue weighted by Crippen LogP contribution is -2.44. The van der Waals surface area contributed by atoms with Crippen LogP contribution < -0.4 is 0 Å². The Balaban J connectivity index is 1.81. The summed E-state index contributed by atoms with van der Waals surface area (Å²) in [6.45, 7) is 2.06. The van der Waals surface area contributed by atoms with Crippen LogP contribution in [-0.4, -0.2) is 67.3 Å². The fourth-order valence-electron chi connectivity index (χ4n) is 2.99. The third-order valence-electron chi connectivity index (χ3n) is 4.53. The van der Waals surface area contributed by atoms with E-state index in [0.29, 0.717) is 12.1 Å². The van der Waals surface area contributed by atoms with E-state index >= 15 is 0 Å². The van der Waals surface area contributed by atoms with Crippen LogP contribution in [0.25, 0.3) is 0 Å². The van der Waals surface area contributed by atoms with Crippen molar-refractivity contribution in [3.8, 4) is 0 Å².